The summed E-state index contributed by atoms with van der Waals surface area (Å²) in [7, 11) is -2.13. The minimum Gasteiger partial charge on any atom is -0.497 e. The number of piperidine rings is 1. The average Bonchev–Trinajstić information content (AvgIpc) is 2.47. The summed E-state index contributed by atoms with van der Waals surface area (Å²) in [5.41, 5.74) is 0. The number of sulfone groups is 1. The maximum absolute atomic E-state index is 12.6. The molecule has 0 aliphatic carbocycles. The van der Waals surface area contributed by atoms with E-state index in [0.717, 1.165) is 0 Å². The molecular weight excluding hydrogens is 264 g/mol. The molecule has 1 N–H and O–H groups in total. The van der Waals surface area contributed by atoms with Crippen LogP contribution in [0, 0.1) is 11.3 Å². The molecule has 0 amide bonds. The van der Waals surface area contributed by atoms with Crippen molar-refractivity contribution in [2.45, 2.75) is 22.5 Å². The van der Waals surface area contributed by atoms with Crippen LogP contribution in [0.5, 0.6) is 5.75 Å². The first kappa shape index (κ1) is 13.8. The van der Waals surface area contributed by atoms with Gasteiger partial charge in [0, 0.05) is 0 Å². The van der Waals surface area contributed by atoms with Gasteiger partial charge in [0.15, 0.2) is 14.6 Å². The number of ether oxygens (including phenoxy) is 1. The number of methoxy groups -OCH3 is 1. The summed E-state index contributed by atoms with van der Waals surface area (Å²) in [6.45, 7) is 1.09. The van der Waals surface area contributed by atoms with Crippen LogP contribution >= 0.6 is 0 Å². The van der Waals surface area contributed by atoms with Gasteiger partial charge in [-0.15, -0.1) is 0 Å². The molecule has 1 aliphatic heterocycles. The van der Waals surface area contributed by atoms with Crippen LogP contribution in [0.15, 0.2) is 29.2 Å². The zero-order valence-electron chi connectivity index (χ0n) is 10.7. The molecular formula is C13H16N2O3S. The normalized spacial score (nSPS) is 18.5. The van der Waals surface area contributed by atoms with Crippen LogP contribution < -0.4 is 10.1 Å². The Bertz CT molecular complexity index is 581. The van der Waals surface area contributed by atoms with E-state index in [9.17, 15) is 13.7 Å². The molecule has 0 aromatic heterocycles. The quantitative estimate of drug-likeness (QED) is 0.897. The van der Waals surface area contributed by atoms with E-state index in [1.54, 1.807) is 12.1 Å². The summed E-state index contributed by atoms with van der Waals surface area (Å²) >= 11 is 0. The first-order chi connectivity index (χ1) is 9.05. The van der Waals surface area contributed by atoms with Gasteiger partial charge in [0.1, 0.15) is 5.75 Å². The number of rotatable bonds is 3. The molecule has 0 bridgehead atoms. The predicted molar refractivity (Wildman–Crippen MR) is 70.6 cm³/mol. The van der Waals surface area contributed by atoms with Gasteiger partial charge in [0.2, 0.25) is 0 Å². The second-order valence-corrected chi connectivity index (χ2v) is 6.79. The molecule has 0 atom stereocenters. The molecule has 1 aromatic carbocycles. The third-order valence-corrected chi connectivity index (χ3v) is 5.92. The highest BCUT2D eigenvalue weighted by molar-refractivity contribution is 7.93. The topological polar surface area (TPSA) is 79.2 Å². The Morgan fingerprint density at radius 3 is 2.32 bits per heavy atom. The van der Waals surface area contributed by atoms with E-state index < -0.39 is 14.6 Å². The Kier molecular flexibility index (Phi) is 3.78. The molecule has 0 saturated carbocycles. The molecule has 1 heterocycles. The Morgan fingerprint density at radius 1 is 1.26 bits per heavy atom. The molecule has 19 heavy (non-hydrogen) atoms. The zero-order valence-corrected chi connectivity index (χ0v) is 11.5. The molecule has 0 unspecified atom stereocenters. The highest BCUT2D eigenvalue weighted by atomic mass is 32.2. The summed E-state index contributed by atoms with van der Waals surface area (Å²) in [6.07, 6.45) is 0.635. The highest BCUT2D eigenvalue weighted by Gasteiger charge is 2.45. The van der Waals surface area contributed by atoms with Gasteiger partial charge in [0.05, 0.1) is 18.1 Å². The van der Waals surface area contributed by atoms with E-state index in [-0.39, 0.29) is 4.90 Å². The highest BCUT2D eigenvalue weighted by Crippen LogP contribution is 2.33. The van der Waals surface area contributed by atoms with Crippen molar-refractivity contribution in [1.29, 1.82) is 5.26 Å². The number of nitrogens with zero attached hydrogens (tertiary/aromatic N) is 1. The number of hydrogen-bond donors (Lipinski definition) is 1. The Labute approximate surface area is 113 Å². The third kappa shape index (κ3) is 2.31. The van der Waals surface area contributed by atoms with E-state index in [1.165, 1.54) is 19.2 Å². The van der Waals surface area contributed by atoms with Gasteiger partial charge in [-0.05, 0) is 50.2 Å². The fourth-order valence-electron chi connectivity index (χ4n) is 2.25. The van der Waals surface area contributed by atoms with Crippen LogP contribution in [0.25, 0.3) is 0 Å². The molecule has 5 nitrogen and oxygen atoms in total. The van der Waals surface area contributed by atoms with Gasteiger partial charge in [-0.3, -0.25) is 0 Å². The van der Waals surface area contributed by atoms with Crippen molar-refractivity contribution in [3.05, 3.63) is 24.3 Å². The second-order valence-electron chi connectivity index (χ2n) is 4.54. The van der Waals surface area contributed by atoms with Crippen molar-refractivity contribution in [3.8, 4) is 11.8 Å². The number of nitriles is 1. The van der Waals surface area contributed by atoms with Gasteiger partial charge in [-0.1, -0.05) is 0 Å². The van der Waals surface area contributed by atoms with Crippen molar-refractivity contribution < 1.29 is 13.2 Å². The lowest BCUT2D eigenvalue weighted by molar-refractivity contribution is 0.414. The number of hydrogen-bond acceptors (Lipinski definition) is 5. The van der Waals surface area contributed by atoms with Crippen molar-refractivity contribution in [2.75, 3.05) is 20.2 Å². The lowest BCUT2D eigenvalue weighted by atomic mass is 9.99. The first-order valence-corrected chi connectivity index (χ1v) is 7.55. The minimum absolute atomic E-state index is 0.178. The van der Waals surface area contributed by atoms with Crippen LogP contribution in [-0.4, -0.2) is 33.4 Å². The Hall–Kier alpha value is -1.58. The number of benzene rings is 1. The van der Waals surface area contributed by atoms with Crippen LogP contribution in [0.2, 0.25) is 0 Å². The molecule has 1 aliphatic rings. The van der Waals surface area contributed by atoms with E-state index in [0.29, 0.717) is 31.7 Å². The predicted octanol–water partition coefficient (Wildman–Crippen LogP) is 1.11. The maximum atomic E-state index is 12.6. The van der Waals surface area contributed by atoms with E-state index in [4.69, 9.17) is 4.74 Å². The van der Waals surface area contributed by atoms with Crippen molar-refractivity contribution in [3.63, 3.8) is 0 Å². The van der Waals surface area contributed by atoms with Crippen LogP contribution in [0.1, 0.15) is 12.8 Å². The van der Waals surface area contributed by atoms with Gasteiger partial charge in [-0.2, -0.15) is 5.26 Å². The molecule has 2 rings (SSSR count). The molecule has 1 aromatic rings. The summed E-state index contributed by atoms with van der Waals surface area (Å²) in [4.78, 5) is 0.178. The van der Waals surface area contributed by atoms with Crippen molar-refractivity contribution >= 4 is 9.84 Å². The summed E-state index contributed by atoms with van der Waals surface area (Å²) < 4.78 is 29.0. The molecule has 102 valence electrons. The van der Waals surface area contributed by atoms with Crippen LogP contribution in [0.3, 0.4) is 0 Å². The Morgan fingerprint density at radius 2 is 1.84 bits per heavy atom. The van der Waals surface area contributed by atoms with Crippen molar-refractivity contribution in [1.82, 2.24) is 5.32 Å². The fraction of sp³-hybridized carbons (Fsp3) is 0.462. The van der Waals surface area contributed by atoms with E-state index in [1.807, 2.05) is 6.07 Å². The fourth-order valence-corrected chi connectivity index (χ4v) is 4.06. The lowest BCUT2D eigenvalue weighted by Gasteiger charge is -2.30. The van der Waals surface area contributed by atoms with E-state index >= 15 is 0 Å². The molecule has 1 saturated heterocycles. The zero-order chi connectivity index (χ0) is 13.9. The standard InChI is InChI=1S/C13H16N2O3S/c1-18-11-2-4-12(5-3-11)19(16,17)13(10-14)6-8-15-9-7-13/h2-5,15H,6-9H2,1H3. The van der Waals surface area contributed by atoms with E-state index in [2.05, 4.69) is 5.32 Å². The third-order valence-electron chi connectivity index (χ3n) is 3.50. The summed E-state index contributed by atoms with van der Waals surface area (Å²) in [6, 6.07) is 8.21. The van der Waals surface area contributed by atoms with Crippen LogP contribution in [0.4, 0.5) is 0 Å². The summed E-state index contributed by atoms with van der Waals surface area (Å²) in [5, 5.41) is 12.4. The lowest BCUT2D eigenvalue weighted by Crippen LogP contribution is -2.46. The second kappa shape index (κ2) is 5.19. The molecule has 0 radical (unpaired) electrons. The average molecular weight is 280 g/mol. The van der Waals surface area contributed by atoms with Gasteiger partial charge in [0.25, 0.3) is 0 Å². The monoisotopic (exact) mass is 280 g/mol. The Balaban J connectivity index is 2.42. The largest absolute Gasteiger partial charge is 0.497 e. The van der Waals surface area contributed by atoms with Crippen LogP contribution in [-0.2, 0) is 9.84 Å². The van der Waals surface area contributed by atoms with Crippen molar-refractivity contribution in [2.24, 2.45) is 0 Å². The van der Waals surface area contributed by atoms with Gasteiger partial charge >= 0.3 is 0 Å². The van der Waals surface area contributed by atoms with Gasteiger partial charge in [-0.25, -0.2) is 8.42 Å². The summed E-state index contributed by atoms with van der Waals surface area (Å²) in [5.74, 6) is 0.593. The molecule has 0 spiro atoms. The first-order valence-electron chi connectivity index (χ1n) is 6.06. The van der Waals surface area contributed by atoms with Gasteiger partial charge < -0.3 is 10.1 Å². The maximum Gasteiger partial charge on any atom is 0.197 e. The smallest absolute Gasteiger partial charge is 0.197 e. The SMILES string of the molecule is COc1ccc(S(=O)(=O)C2(C#N)CCNCC2)cc1. The minimum atomic E-state index is -3.66. The molecule has 6 heteroatoms. The molecule has 1 fully saturated rings. The number of nitrogens with one attached hydrogen (secondary N) is 1.